The number of nitrogens with one attached hydrogen (secondary N) is 2. The summed E-state index contributed by atoms with van der Waals surface area (Å²) in [7, 11) is 1.66. The van der Waals surface area contributed by atoms with E-state index in [0.717, 1.165) is 71.4 Å². The fourth-order valence-corrected chi connectivity index (χ4v) is 6.61. The first-order valence-corrected chi connectivity index (χ1v) is 12.6. The predicted molar refractivity (Wildman–Crippen MR) is 134 cm³/mol. The number of H-pyrrole nitrogens is 1. The van der Waals surface area contributed by atoms with Gasteiger partial charge in [0, 0.05) is 35.3 Å². The molecule has 6 rings (SSSR count). The van der Waals surface area contributed by atoms with Crippen molar-refractivity contribution in [1.82, 2.24) is 25.1 Å². The molecule has 9 heteroatoms. The average Bonchev–Trinajstić information content (AvgIpc) is 3.53. The normalized spacial score (nSPS) is 19.5. The summed E-state index contributed by atoms with van der Waals surface area (Å²) in [5.41, 5.74) is 3.25. The Kier molecular flexibility index (Phi) is 4.98. The number of carbonyl (C=O) groups is 1. The van der Waals surface area contributed by atoms with Crippen LogP contribution < -0.4 is 10.1 Å². The first kappa shape index (κ1) is 21.3. The number of amides is 1. The van der Waals surface area contributed by atoms with Gasteiger partial charge in [-0.3, -0.25) is 9.89 Å². The van der Waals surface area contributed by atoms with Crippen molar-refractivity contribution in [1.29, 1.82) is 0 Å². The molecule has 1 aliphatic carbocycles. The van der Waals surface area contributed by atoms with Gasteiger partial charge in [0.05, 0.1) is 29.9 Å². The van der Waals surface area contributed by atoms with Crippen LogP contribution >= 0.6 is 11.3 Å². The molecule has 176 valence electrons. The zero-order valence-corrected chi connectivity index (χ0v) is 20.5. The van der Waals surface area contributed by atoms with Crippen LogP contribution in [-0.4, -0.2) is 51.2 Å². The highest BCUT2D eigenvalue weighted by Crippen LogP contribution is 2.42. The lowest BCUT2D eigenvalue weighted by atomic mass is 9.86. The van der Waals surface area contributed by atoms with E-state index in [2.05, 4.69) is 44.2 Å². The Labute approximate surface area is 201 Å². The summed E-state index contributed by atoms with van der Waals surface area (Å²) < 4.78 is 5.61. The molecule has 2 aliphatic rings. The first-order valence-electron chi connectivity index (χ1n) is 11.7. The molecule has 0 unspecified atom stereocenters. The lowest BCUT2D eigenvalue weighted by Gasteiger charge is -2.27. The fourth-order valence-electron chi connectivity index (χ4n) is 5.34. The van der Waals surface area contributed by atoms with Crippen LogP contribution in [0.2, 0.25) is 0 Å². The molecule has 2 N–H and O–H groups in total. The molecule has 34 heavy (non-hydrogen) atoms. The number of benzene rings is 1. The molecule has 3 aromatic heterocycles. The van der Waals surface area contributed by atoms with Crippen molar-refractivity contribution in [2.45, 2.75) is 39.5 Å². The Morgan fingerprint density at radius 1 is 1.32 bits per heavy atom. The van der Waals surface area contributed by atoms with E-state index >= 15 is 0 Å². The van der Waals surface area contributed by atoms with Gasteiger partial charge in [-0.05, 0) is 42.7 Å². The molecule has 1 aromatic carbocycles. The third-order valence-corrected chi connectivity index (χ3v) is 8.36. The zero-order chi connectivity index (χ0) is 23.4. The van der Waals surface area contributed by atoms with Crippen LogP contribution in [0.3, 0.4) is 0 Å². The molecule has 0 saturated carbocycles. The molecule has 1 aliphatic heterocycles. The number of rotatable bonds is 4. The van der Waals surface area contributed by atoms with Gasteiger partial charge in [-0.2, -0.15) is 5.10 Å². The summed E-state index contributed by atoms with van der Waals surface area (Å²) in [6, 6.07) is 3.94. The van der Waals surface area contributed by atoms with Gasteiger partial charge in [-0.1, -0.05) is 13.8 Å². The van der Waals surface area contributed by atoms with Crippen molar-refractivity contribution >= 4 is 49.9 Å². The summed E-state index contributed by atoms with van der Waals surface area (Å²) in [6.45, 7) is 6.24. The summed E-state index contributed by atoms with van der Waals surface area (Å²) in [5.74, 6) is 1.86. The van der Waals surface area contributed by atoms with Crippen molar-refractivity contribution in [3.05, 3.63) is 35.1 Å². The van der Waals surface area contributed by atoms with Gasteiger partial charge < -0.3 is 15.0 Å². The lowest BCUT2D eigenvalue weighted by molar-refractivity contribution is -0.135. The molecule has 8 nitrogen and oxygen atoms in total. The number of hydrogen-bond donors (Lipinski definition) is 2. The van der Waals surface area contributed by atoms with Crippen molar-refractivity contribution < 1.29 is 9.53 Å². The van der Waals surface area contributed by atoms with E-state index in [1.165, 1.54) is 10.4 Å². The van der Waals surface area contributed by atoms with Gasteiger partial charge >= 0.3 is 0 Å². The van der Waals surface area contributed by atoms with Gasteiger partial charge in [0.25, 0.3) is 0 Å². The molecular weight excluding hydrogens is 448 g/mol. The number of aromatic amines is 1. The van der Waals surface area contributed by atoms with E-state index in [1.54, 1.807) is 31.0 Å². The Morgan fingerprint density at radius 2 is 2.21 bits per heavy atom. The maximum atomic E-state index is 13.2. The van der Waals surface area contributed by atoms with Crippen LogP contribution in [-0.2, 0) is 17.6 Å². The molecule has 1 atom stereocenters. The summed E-state index contributed by atoms with van der Waals surface area (Å²) in [6.07, 6.45) is 7.00. The van der Waals surface area contributed by atoms with Gasteiger partial charge in [0.2, 0.25) is 5.91 Å². The van der Waals surface area contributed by atoms with E-state index in [4.69, 9.17) is 4.74 Å². The number of carbonyl (C=O) groups excluding carboxylic acids is 1. The molecule has 1 amide bonds. The zero-order valence-electron chi connectivity index (χ0n) is 19.6. The van der Waals surface area contributed by atoms with E-state index in [1.807, 2.05) is 12.1 Å². The van der Waals surface area contributed by atoms with E-state index in [9.17, 15) is 4.79 Å². The highest BCUT2D eigenvalue weighted by atomic mass is 32.1. The third kappa shape index (κ3) is 3.58. The number of aryl methyl sites for hydroxylation is 1. The molecule has 1 saturated heterocycles. The standard InChI is InChI=1S/C25H28N6O2S/c1-25(2)6-7-31(12-25)24(32)14-4-5-16-20(9-14)34-23-21(16)22(26-13-27-23)29-18-8-15-11-28-30-17(15)10-19(18)33-3/h8,10-11,13-14H,4-7,9,12H2,1-3H3,(H,28,30)(H,26,27,29)/t14-/m0/s1. The number of anilines is 2. The number of nitrogens with zero attached hydrogens (tertiary/aromatic N) is 4. The Balaban J connectivity index is 1.31. The number of methoxy groups -OCH3 is 1. The lowest BCUT2D eigenvalue weighted by Crippen LogP contribution is -2.37. The second kappa shape index (κ2) is 7.94. The first-order chi connectivity index (χ1) is 16.4. The Bertz CT molecular complexity index is 1410. The highest BCUT2D eigenvalue weighted by molar-refractivity contribution is 7.19. The quantitative estimate of drug-likeness (QED) is 0.444. The monoisotopic (exact) mass is 476 g/mol. The molecule has 4 heterocycles. The minimum atomic E-state index is 0.0578. The number of ether oxygens (including phenoxy) is 1. The van der Waals surface area contributed by atoms with E-state index in [0.29, 0.717) is 11.7 Å². The van der Waals surface area contributed by atoms with Crippen molar-refractivity contribution in [2.75, 3.05) is 25.5 Å². The van der Waals surface area contributed by atoms with Gasteiger partial charge in [0.15, 0.2) is 0 Å². The molecule has 0 spiro atoms. The van der Waals surface area contributed by atoms with Crippen LogP contribution in [0.1, 0.15) is 37.1 Å². The van der Waals surface area contributed by atoms with E-state index in [-0.39, 0.29) is 11.3 Å². The number of thiophene rings is 1. The average molecular weight is 477 g/mol. The number of aromatic nitrogens is 4. The van der Waals surface area contributed by atoms with Crippen molar-refractivity contribution in [2.24, 2.45) is 11.3 Å². The molecular formula is C25H28N6O2S. The van der Waals surface area contributed by atoms with Crippen molar-refractivity contribution in [3.63, 3.8) is 0 Å². The Hall–Kier alpha value is -3.20. The van der Waals surface area contributed by atoms with E-state index < -0.39 is 0 Å². The largest absolute Gasteiger partial charge is 0.494 e. The number of fused-ring (bicyclic) bond motifs is 4. The minimum Gasteiger partial charge on any atom is -0.494 e. The fraction of sp³-hybridized carbons (Fsp3) is 0.440. The maximum Gasteiger partial charge on any atom is 0.226 e. The van der Waals surface area contributed by atoms with Gasteiger partial charge in [0.1, 0.15) is 22.7 Å². The minimum absolute atomic E-state index is 0.0578. The van der Waals surface area contributed by atoms with Crippen LogP contribution in [0.5, 0.6) is 5.75 Å². The van der Waals surface area contributed by atoms with Crippen LogP contribution in [0.15, 0.2) is 24.7 Å². The van der Waals surface area contributed by atoms with Crippen molar-refractivity contribution in [3.8, 4) is 5.75 Å². The van der Waals surface area contributed by atoms with Crippen LogP contribution in [0.25, 0.3) is 21.1 Å². The Morgan fingerprint density at radius 3 is 3.00 bits per heavy atom. The van der Waals surface area contributed by atoms with Gasteiger partial charge in [-0.15, -0.1) is 11.3 Å². The van der Waals surface area contributed by atoms with Crippen LogP contribution in [0, 0.1) is 11.3 Å². The number of hydrogen-bond acceptors (Lipinski definition) is 7. The second-order valence-corrected chi connectivity index (χ2v) is 11.2. The SMILES string of the molecule is COc1cc2[nH]ncc2cc1Nc1ncnc2sc3c(c12)CC[C@H](C(=O)N1CCC(C)(C)C1)C3. The highest BCUT2D eigenvalue weighted by Gasteiger charge is 2.37. The molecule has 1 fully saturated rings. The summed E-state index contributed by atoms with van der Waals surface area (Å²) in [4.78, 5) is 26.7. The smallest absolute Gasteiger partial charge is 0.226 e. The second-order valence-electron chi connectivity index (χ2n) is 10.2. The number of likely N-dealkylation sites (tertiary alicyclic amines) is 1. The molecule has 0 radical (unpaired) electrons. The topological polar surface area (TPSA) is 96.0 Å². The maximum absolute atomic E-state index is 13.2. The van der Waals surface area contributed by atoms with Gasteiger partial charge in [-0.25, -0.2) is 9.97 Å². The molecule has 4 aromatic rings. The third-order valence-electron chi connectivity index (χ3n) is 7.20. The molecule has 0 bridgehead atoms. The van der Waals surface area contributed by atoms with Crippen LogP contribution in [0.4, 0.5) is 11.5 Å². The summed E-state index contributed by atoms with van der Waals surface area (Å²) >= 11 is 1.69. The predicted octanol–water partition coefficient (Wildman–Crippen LogP) is 4.68. The summed E-state index contributed by atoms with van der Waals surface area (Å²) in [5, 5.41) is 12.6.